The van der Waals surface area contributed by atoms with Crippen molar-refractivity contribution in [2.45, 2.75) is 26.2 Å². The zero-order valence-electron chi connectivity index (χ0n) is 13.3. The molecule has 1 aromatic carbocycles. The molecule has 0 saturated carbocycles. The van der Waals surface area contributed by atoms with E-state index in [1.807, 2.05) is 12.1 Å². The van der Waals surface area contributed by atoms with Crippen LogP contribution >= 0.6 is 0 Å². The Labute approximate surface area is 131 Å². The molecule has 0 radical (unpaired) electrons. The molecule has 1 amide bonds. The maximum absolute atomic E-state index is 11.9. The van der Waals surface area contributed by atoms with E-state index in [1.165, 1.54) is 11.1 Å². The maximum Gasteiger partial charge on any atom is 0.269 e. The van der Waals surface area contributed by atoms with Crippen molar-refractivity contribution in [3.05, 3.63) is 59.4 Å². The molecule has 0 aliphatic rings. The molecule has 1 N–H and O–H groups in total. The highest BCUT2D eigenvalue weighted by Crippen LogP contribution is 2.27. The highest BCUT2D eigenvalue weighted by atomic mass is 16.5. The summed E-state index contributed by atoms with van der Waals surface area (Å²) in [5.74, 6) is 1.17. The van der Waals surface area contributed by atoms with E-state index in [9.17, 15) is 4.79 Å². The molecule has 0 fully saturated rings. The van der Waals surface area contributed by atoms with Crippen LogP contribution in [0, 0.1) is 0 Å². The molecule has 1 aromatic heterocycles. The van der Waals surface area contributed by atoms with Crippen LogP contribution in [0.25, 0.3) is 0 Å². The number of nitrogens with zero attached hydrogens (tertiary/aromatic N) is 1. The van der Waals surface area contributed by atoms with Gasteiger partial charge in [0.05, 0.1) is 7.11 Å². The fourth-order valence-electron chi connectivity index (χ4n) is 2.30. The van der Waals surface area contributed by atoms with Crippen LogP contribution in [0.1, 0.15) is 41.4 Å². The van der Waals surface area contributed by atoms with Crippen LogP contribution in [-0.4, -0.2) is 24.5 Å². The Morgan fingerprint density at radius 3 is 2.73 bits per heavy atom. The summed E-state index contributed by atoms with van der Waals surface area (Å²) in [6.45, 7) is 4.87. The Hall–Kier alpha value is -2.36. The second-order valence-electron chi connectivity index (χ2n) is 5.45. The van der Waals surface area contributed by atoms with Gasteiger partial charge in [0.25, 0.3) is 5.91 Å². The van der Waals surface area contributed by atoms with E-state index in [4.69, 9.17) is 4.74 Å². The molecule has 0 spiro atoms. The zero-order valence-corrected chi connectivity index (χ0v) is 13.3. The third kappa shape index (κ3) is 4.07. The highest BCUT2D eigenvalue weighted by molar-refractivity contribution is 5.92. The van der Waals surface area contributed by atoms with E-state index in [-0.39, 0.29) is 5.91 Å². The predicted molar refractivity (Wildman–Crippen MR) is 87.4 cm³/mol. The first kappa shape index (κ1) is 16.0. The molecule has 1 heterocycles. The van der Waals surface area contributed by atoms with Crippen molar-refractivity contribution in [3.8, 4) is 5.75 Å². The smallest absolute Gasteiger partial charge is 0.269 e. The zero-order chi connectivity index (χ0) is 15.9. The van der Waals surface area contributed by atoms with Gasteiger partial charge in [0.1, 0.15) is 11.4 Å². The average Bonchev–Trinajstić information content (AvgIpc) is 2.55. The minimum absolute atomic E-state index is 0.141. The number of methoxy groups -OCH3 is 1. The number of hydrogen-bond acceptors (Lipinski definition) is 3. The molecule has 0 atom stereocenters. The molecule has 0 bridgehead atoms. The van der Waals surface area contributed by atoms with Gasteiger partial charge in [-0.1, -0.05) is 32.0 Å². The Balaban J connectivity index is 1.95. The monoisotopic (exact) mass is 298 g/mol. The molecular formula is C18H22N2O2. The van der Waals surface area contributed by atoms with E-state index in [0.717, 1.165) is 12.2 Å². The number of ether oxygens (including phenoxy) is 1. The fraction of sp³-hybridized carbons (Fsp3) is 0.333. The van der Waals surface area contributed by atoms with Gasteiger partial charge in [-0.05, 0) is 41.7 Å². The summed E-state index contributed by atoms with van der Waals surface area (Å²) in [6.07, 6.45) is 2.40. The van der Waals surface area contributed by atoms with Gasteiger partial charge in [0, 0.05) is 12.7 Å². The van der Waals surface area contributed by atoms with E-state index in [0.29, 0.717) is 18.2 Å². The molecule has 4 nitrogen and oxygen atoms in total. The average molecular weight is 298 g/mol. The molecule has 4 heteroatoms. The van der Waals surface area contributed by atoms with Crippen molar-refractivity contribution in [3.63, 3.8) is 0 Å². The van der Waals surface area contributed by atoms with Crippen LogP contribution in [0.4, 0.5) is 0 Å². The first-order valence-electron chi connectivity index (χ1n) is 7.48. The lowest BCUT2D eigenvalue weighted by molar-refractivity contribution is 0.0949. The summed E-state index contributed by atoms with van der Waals surface area (Å²) in [4.78, 5) is 16.0. The van der Waals surface area contributed by atoms with Gasteiger partial charge < -0.3 is 10.1 Å². The largest absolute Gasteiger partial charge is 0.496 e. The molecule has 0 aliphatic heterocycles. The van der Waals surface area contributed by atoms with Crippen molar-refractivity contribution in [1.82, 2.24) is 10.3 Å². The van der Waals surface area contributed by atoms with Crippen molar-refractivity contribution in [2.24, 2.45) is 0 Å². The summed E-state index contributed by atoms with van der Waals surface area (Å²) >= 11 is 0. The van der Waals surface area contributed by atoms with Crippen LogP contribution in [0.3, 0.4) is 0 Å². The molecule has 22 heavy (non-hydrogen) atoms. The van der Waals surface area contributed by atoms with Gasteiger partial charge in [-0.3, -0.25) is 9.78 Å². The van der Waals surface area contributed by atoms with Crippen LogP contribution in [-0.2, 0) is 6.42 Å². The fourth-order valence-corrected chi connectivity index (χ4v) is 2.30. The Kier molecular flexibility index (Phi) is 5.53. The molecule has 0 saturated heterocycles. The summed E-state index contributed by atoms with van der Waals surface area (Å²) in [5, 5.41) is 2.89. The summed E-state index contributed by atoms with van der Waals surface area (Å²) in [5.41, 5.74) is 2.82. The van der Waals surface area contributed by atoms with E-state index < -0.39 is 0 Å². The normalized spacial score (nSPS) is 10.5. The minimum Gasteiger partial charge on any atom is -0.496 e. The topological polar surface area (TPSA) is 51.2 Å². The summed E-state index contributed by atoms with van der Waals surface area (Å²) < 4.78 is 5.38. The third-order valence-corrected chi connectivity index (χ3v) is 3.51. The number of carbonyl (C=O) groups excluding carboxylic acids is 1. The van der Waals surface area contributed by atoms with E-state index >= 15 is 0 Å². The maximum atomic E-state index is 11.9. The first-order valence-corrected chi connectivity index (χ1v) is 7.48. The van der Waals surface area contributed by atoms with Crippen LogP contribution in [0.15, 0.2) is 42.6 Å². The van der Waals surface area contributed by atoms with Gasteiger partial charge in [0.2, 0.25) is 0 Å². The number of amides is 1. The van der Waals surface area contributed by atoms with Crippen LogP contribution in [0.2, 0.25) is 0 Å². The standard InChI is InChI=1S/C18H22N2O2/c1-13(2)15-12-14(7-8-17(15)22-3)9-11-20-18(21)16-6-4-5-10-19-16/h4-8,10,12-13H,9,11H2,1-3H3,(H,20,21). The van der Waals surface area contributed by atoms with Gasteiger partial charge >= 0.3 is 0 Å². The van der Waals surface area contributed by atoms with Crippen LogP contribution < -0.4 is 10.1 Å². The van der Waals surface area contributed by atoms with Gasteiger partial charge in [-0.25, -0.2) is 0 Å². The lowest BCUT2D eigenvalue weighted by Gasteiger charge is -2.13. The summed E-state index contributed by atoms with van der Waals surface area (Å²) in [6, 6.07) is 11.5. The second-order valence-corrected chi connectivity index (χ2v) is 5.45. The molecule has 116 valence electrons. The predicted octanol–water partition coefficient (Wildman–Crippen LogP) is 3.19. The van der Waals surface area contributed by atoms with Gasteiger partial charge in [-0.15, -0.1) is 0 Å². The van der Waals surface area contributed by atoms with Crippen molar-refractivity contribution in [1.29, 1.82) is 0 Å². The van der Waals surface area contributed by atoms with E-state index in [2.05, 4.69) is 30.2 Å². The first-order chi connectivity index (χ1) is 10.6. The van der Waals surface area contributed by atoms with Crippen LogP contribution in [0.5, 0.6) is 5.75 Å². The van der Waals surface area contributed by atoms with E-state index in [1.54, 1.807) is 31.5 Å². The number of aromatic nitrogens is 1. The third-order valence-electron chi connectivity index (χ3n) is 3.51. The minimum atomic E-state index is -0.141. The lowest BCUT2D eigenvalue weighted by atomic mass is 9.98. The van der Waals surface area contributed by atoms with Gasteiger partial charge in [0.15, 0.2) is 0 Å². The molecule has 0 aliphatic carbocycles. The van der Waals surface area contributed by atoms with Crippen molar-refractivity contribution in [2.75, 3.05) is 13.7 Å². The molecular weight excluding hydrogens is 276 g/mol. The van der Waals surface area contributed by atoms with Crippen molar-refractivity contribution < 1.29 is 9.53 Å². The number of hydrogen-bond donors (Lipinski definition) is 1. The molecule has 2 rings (SSSR count). The Morgan fingerprint density at radius 1 is 1.27 bits per heavy atom. The second kappa shape index (κ2) is 7.59. The number of carbonyl (C=O) groups is 1. The Bertz CT molecular complexity index is 624. The molecule has 2 aromatic rings. The quantitative estimate of drug-likeness (QED) is 0.891. The lowest BCUT2D eigenvalue weighted by Crippen LogP contribution is -2.26. The van der Waals surface area contributed by atoms with Gasteiger partial charge in [-0.2, -0.15) is 0 Å². The number of benzene rings is 1. The molecule has 0 unspecified atom stereocenters. The van der Waals surface area contributed by atoms with Crippen molar-refractivity contribution >= 4 is 5.91 Å². The SMILES string of the molecule is COc1ccc(CCNC(=O)c2ccccn2)cc1C(C)C. The highest BCUT2D eigenvalue weighted by Gasteiger charge is 2.09. The number of nitrogens with one attached hydrogen (secondary N) is 1. The summed E-state index contributed by atoms with van der Waals surface area (Å²) in [7, 11) is 1.69. The Morgan fingerprint density at radius 2 is 2.09 bits per heavy atom. The number of pyridine rings is 1. The number of rotatable bonds is 6.